The minimum atomic E-state index is -0.0818. The first kappa shape index (κ1) is 14.1. The number of nitrogens with zero attached hydrogens (tertiary/aromatic N) is 1. The fraction of sp³-hybridized carbons (Fsp3) is 0.500. The monoisotopic (exact) mass is 248 g/mol. The molecule has 0 aromatic heterocycles. The Labute approximate surface area is 108 Å². The van der Waals surface area contributed by atoms with E-state index in [1.807, 2.05) is 0 Å². The van der Waals surface area contributed by atoms with Crippen LogP contribution in [0.1, 0.15) is 25.0 Å². The molecular formula is C14H20N2S. The maximum Gasteiger partial charge on any atom is 0.105 e. The largest absolute Gasteiger partial charge is 0.299 e. The first-order chi connectivity index (χ1) is 8.02. The maximum atomic E-state index is 9.03. The quantitative estimate of drug-likeness (QED) is 0.812. The zero-order valence-corrected chi connectivity index (χ0v) is 11.8. The van der Waals surface area contributed by atoms with Crippen molar-refractivity contribution in [3.8, 4) is 6.07 Å². The predicted octanol–water partition coefficient (Wildman–Crippen LogP) is 3.29. The first-order valence-corrected chi connectivity index (χ1v) is 6.87. The highest BCUT2D eigenvalue weighted by atomic mass is 32.2. The molecule has 0 aliphatic heterocycles. The summed E-state index contributed by atoms with van der Waals surface area (Å²) >= 11 is 1.73. The van der Waals surface area contributed by atoms with E-state index in [4.69, 9.17) is 5.26 Å². The summed E-state index contributed by atoms with van der Waals surface area (Å²) in [6.45, 7) is 8.35. The fourth-order valence-electron chi connectivity index (χ4n) is 1.51. The van der Waals surface area contributed by atoms with Crippen LogP contribution in [0, 0.1) is 25.2 Å². The van der Waals surface area contributed by atoms with Crippen LogP contribution in [0.25, 0.3) is 0 Å². The van der Waals surface area contributed by atoms with E-state index in [0.717, 1.165) is 5.75 Å². The van der Waals surface area contributed by atoms with Gasteiger partial charge < -0.3 is 0 Å². The molecule has 3 heteroatoms. The summed E-state index contributed by atoms with van der Waals surface area (Å²) in [5, 5.41) is 12.3. The van der Waals surface area contributed by atoms with Crippen molar-refractivity contribution in [1.29, 1.82) is 5.26 Å². The van der Waals surface area contributed by atoms with Crippen molar-refractivity contribution >= 4 is 11.8 Å². The van der Waals surface area contributed by atoms with Gasteiger partial charge in [0.05, 0.1) is 6.07 Å². The maximum absolute atomic E-state index is 9.03. The molecular weight excluding hydrogens is 228 g/mol. The Balaban J connectivity index is 2.54. The van der Waals surface area contributed by atoms with Crippen LogP contribution in [0.15, 0.2) is 23.1 Å². The average Bonchev–Trinajstić information content (AvgIpc) is 2.28. The molecule has 0 aliphatic rings. The van der Waals surface area contributed by atoms with E-state index in [0.29, 0.717) is 6.04 Å². The molecule has 92 valence electrons. The van der Waals surface area contributed by atoms with Gasteiger partial charge in [-0.3, -0.25) is 5.32 Å². The Morgan fingerprint density at radius 1 is 1.29 bits per heavy atom. The van der Waals surface area contributed by atoms with Gasteiger partial charge in [-0.15, -0.1) is 11.8 Å². The highest BCUT2D eigenvalue weighted by molar-refractivity contribution is 7.99. The van der Waals surface area contributed by atoms with E-state index in [-0.39, 0.29) is 6.04 Å². The topological polar surface area (TPSA) is 35.8 Å². The van der Waals surface area contributed by atoms with Crippen LogP contribution in [-0.4, -0.2) is 17.8 Å². The number of hydrogen-bond donors (Lipinski definition) is 1. The van der Waals surface area contributed by atoms with Gasteiger partial charge in [-0.25, -0.2) is 0 Å². The van der Waals surface area contributed by atoms with Gasteiger partial charge in [-0.2, -0.15) is 5.26 Å². The van der Waals surface area contributed by atoms with E-state index in [1.165, 1.54) is 16.0 Å². The van der Waals surface area contributed by atoms with Crippen LogP contribution in [0.4, 0.5) is 0 Å². The van der Waals surface area contributed by atoms with Crippen molar-refractivity contribution < 1.29 is 0 Å². The number of benzene rings is 1. The lowest BCUT2D eigenvalue weighted by Crippen LogP contribution is -2.35. The summed E-state index contributed by atoms with van der Waals surface area (Å²) in [4.78, 5) is 1.24. The van der Waals surface area contributed by atoms with Crippen LogP contribution in [-0.2, 0) is 0 Å². The molecule has 0 spiro atoms. The zero-order chi connectivity index (χ0) is 12.8. The Morgan fingerprint density at radius 3 is 2.53 bits per heavy atom. The molecule has 0 bridgehead atoms. The van der Waals surface area contributed by atoms with Crippen molar-refractivity contribution in [3.63, 3.8) is 0 Å². The molecule has 0 radical (unpaired) electrons. The van der Waals surface area contributed by atoms with E-state index in [9.17, 15) is 0 Å². The second-order valence-electron chi connectivity index (χ2n) is 4.56. The lowest BCUT2D eigenvalue weighted by molar-refractivity contribution is 0.560. The number of hydrogen-bond acceptors (Lipinski definition) is 3. The minimum absolute atomic E-state index is 0.0818. The van der Waals surface area contributed by atoms with Crippen molar-refractivity contribution in [1.82, 2.24) is 5.32 Å². The number of rotatable bonds is 5. The predicted molar refractivity (Wildman–Crippen MR) is 74.3 cm³/mol. The van der Waals surface area contributed by atoms with Gasteiger partial charge in [0, 0.05) is 16.7 Å². The smallest absolute Gasteiger partial charge is 0.105 e. The summed E-state index contributed by atoms with van der Waals surface area (Å²) in [7, 11) is 0. The van der Waals surface area contributed by atoms with Gasteiger partial charge in [0.2, 0.25) is 0 Å². The van der Waals surface area contributed by atoms with Crippen molar-refractivity contribution in [2.75, 3.05) is 5.75 Å². The molecule has 0 aliphatic carbocycles. The molecule has 0 fully saturated rings. The molecule has 0 heterocycles. The van der Waals surface area contributed by atoms with E-state index < -0.39 is 0 Å². The SMILES string of the molecule is Cc1ccc(SCC(C#N)NC(C)C)cc1C. The summed E-state index contributed by atoms with van der Waals surface area (Å²) in [5.74, 6) is 0.789. The minimum Gasteiger partial charge on any atom is -0.299 e. The van der Waals surface area contributed by atoms with Crippen LogP contribution in [0.2, 0.25) is 0 Å². The van der Waals surface area contributed by atoms with Crippen LogP contribution >= 0.6 is 11.8 Å². The second-order valence-corrected chi connectivity index (χ2v) is 5.65. The number of nitrogens with one attached hydrogen (secondary N) is 1. The Morgan fingerprint density at radius 2 is 2.00 bits per heavy atom. The molecule has 1 rings (SSSR count). The average molecular weight is 248 g/mol. The van der Waals surface area contributed by atoms with Gasteiger partial charge in [0.25, 0.3) is 0 Å². The molecule has 17 heavy (non-hydrogen) atoms. The lowest BCUT2D eigenvalue weighted by Gasteiger charge is -2.14. The number of aryl methyl sites for hydroxylation is 2. The van der Waals surface area contributed by atoms with Crippen LogP contribution < -0.4 is 5.32 Å². The Kier molecular flexibility index (Phi) is 5.54. The molecule has 0 saturated carbocycles. The van der Waals surface area contributed by atoms with Gasteiger partial charge in [0.15, 0.2) is 0 Å². The number of thioether (sulfide) groups is 1. The van der Waals surface area contributed by atoms with Crippen molar-refractivity contribution in [2.45, 2.75) is 44.7 Å². The van der Waals surface area contributed by atoms with Crippen LogP contribution in [0.5, 0.6) is 0 Å². The number of nitriles is 1. The third kappa shape index (κ3) is 4.80. The molecule has 2 nitrogen and oxygen atoms in total. The lowest BCUT2D eigenvalue weighted by atomic mass is 10.1. The van der Waals surface area contributed by atoms with Crippen molar-refractivity contribution in [2.24, 2.45) is 0 Å². The van der Waals surface area contributed by atoms with Gasteiger partial charge in [-0.1, -0.05) is 6.07 Å². The molecule has 1 aromatic rings. The highest BCUT2D eigenvalue weighted by Gasteiger charge is 2.09. The van der Waals surface area contributed by atoms with Gasteiger partial charge in [0.1, 0.15) is 6.04 Å². The summed E-state index contributed by atoms with van der Waals surface area (Å²) in [6.07, 6.45) is 0. The first-order valence-electron chi connectivity index (χ1n) is 5.88. The summed E-state index contributed by atoms with van der Waals surface area (Å²) < 4.78 is 0. The van der Waals surface area contributed by atoms with Gasteiger partial charge >= 0.3 is 0 Å². The summed E-state index contributed by atoms with van der Waals surface area (Å²) in [6, 6.07) is 9.00. The zero-order valence-electron chi connectivity index (χ0n) is 10.9. The highest BCUT2D eigenvalue weighted by Crippen LogP contribution is 2.21. The third-order valence-electron chi connectivity index (χ3n) is 2.59. The third-order valence-corrected chi connectivity index (χ3v) is 3.67. The van der Waals surface area contributed by atoms with Crippen LogP contribution in [0.3, 0.4) is 0 Å². The molecule has 0 saturated heterocycles. The summed E-state index contributed by atoms with van der Waals surface area (Å²) in [5.41, 5.74) is 2.62. The van der Waals surface area contributed by atoms with E-state index >= 15 is 0 Å². The molecule has 1 atom stereocenters. The molecule has 0 amide bonds. The fourth-order valence-corrected chi connectivity index (χ4v) is 2.46. The normalized spacial score (nSPS) is 12.5. The second kappa shape index (κ2) is 6.68. The molecule has 1 N–H and O–H groups in total. The molecule has 1 aromatic carbocycles. The van der Waals surface area contributed by atoms with E-state index in [1.54, 1.807) is 11.8 Å². The Bertz CT molecular complexity index is 407. The molecule has 1 unspecified atom stereocenters. The van der Waals surface area contributed by atoms with Gasteiger partial charge in [-0.05, 0) is 51.0 Å². The Hall–Kier alpha value is -0.980. The standard InChI is InChI=1S/C14H20N2S/c1-10(2)16-13(8-15)9-17-14-6-5-11(3)12(4)7-14/h5-7,10,13,16H,9H2,1-4H3. The van der Waals surface area contributed by atoms with E-state index in [2.05, 4.69) is 57.3 Å². The van der Waals surface area contributed by atoms with Crippen molar-refractivity contribution in [3.05, 3.63) is 29.3 Å².